The summed E-state index contributed by atoms with van der Waals surface area (Å²) in [6.45, 7) is 5.21. The Labute approximate surface area is 104 Å². The summed E-state index contributed by atoms with van der Waals surface area (Å²) < 4.78 is 23.2. The fourth-order valence-electron chi connectivity index (χ4n) is 1.16. The van der Waals surface area contributed by atoms with E-state index in [0.29, 0.717) is 6.29 Å². The fourth-order valence-corrected chi connectivity index (χ4v) is 1.16. The maximum Gasteiger partial charge on any atom is 0.336 e. The van der Waals surface area contributed by atoms with Crippen LogP contribution in [0.15, 0.2) is 30.4 Å². The summed E-state index contributed by atoms with van der Waals surface area (Å²) in [4.78, 5) is 21.6. The predicted octanol–water partition coefficient (Wildman–Crippen LogP) is 2.14. The van der Waals surface area contributed by atoms with Crippen LogP contribution in [0, 0.1) is 5.82 Å². The monoisotopic (exact) mass is 252 g/mol. The quantitative estimate of drug-likeness (QED) is 0.442. The van der Waals surface area contributed by atoms with E-state index >= 15 is 0 Å². The highest BCUT2D eigenvalue weighted by Crippen LogP contribution is 2.18. The Morgan fingerprint density at radius 1 is 1.50 bits per heavy atom. The Hall–Kier alpha value is -2.17. The summed E-state index contributed by atoms with van der Waals surface area (Å²) in [5, 5.41) is 0. The molecule has 0 aliphatic rings. The number of rotatable bonds is 6. The van der Waals surface area contributed by atoms with Gasteiger partial charge < -0.3 is 9.47 Å². The first-order valence-electron chi connectivity index (χ1n) is 5.31. The van der Waals surface area contributed by atoms with Gasteiger partial charge in [0.25, 0.3) is 0 Å². The van der Waals surface area contributed by atoms with Crippen LogP contribution in [0.3, 0.4) is 0 Å². The molecule has 0 heterocycles. The summed E-state index contributed by atoms with van der Waals surface area (Å²) >= 11 is 0. The third-order valence-electron chi connectivity index (χ3n) is 2.06. The number of carbonyl (C=O) groups is 2. The van der Waals surface area contributed by atoms with Gasteiger partial charge in [-0.25, -0.2) is 9.18 Å². The highest BCUT2D eigenvalue weighted by Gasteiger charge is 2.10. The molecule has 0 radical (unpaired) electrons. The van der Waals surface area contributed by atoms with Gasteiger partial charge in [-0.3, -0.25) is 4.79 Å². The second-order valence-corrected chi connectivity index (χ2v) is 3.42. The zero-order chi connectivity index (χ0) is 13.5. The standard InChI is InChI=1S/C13H13FO4/c1-3-17-13(16)9(2)8-18-12-5-4-10(7-15)6-11(12)14/h4-7H,2-3,8H2,1H3. The number of ether oxygens (including phenoxy) is 2. The van der Waals surface area contributed by atoms with Crippen molar-refractivity contribution in [3.05, 3.63) is 41.7 Å². The van der Waals surface area contributed by atoms with E-state index < -0.39 is 11.8 Å². The maximum absolute atomic E-state index is 13.4. The molecule has 5 heteroatoms. The van der Waals surface area contributed by atoms with Crippen molar-refractivity contribution in [1.29, 1.82) is 0 Å². The van der Waals surface area contributed by atoms with Gasteiger partial charge in [0.2, 0.25) is 0 Å². The largest absolute Gasteiger partial charge is 0.486 e. The van der Waals surface area contributed by atoms with Gasteiger partial charge in [0.1, 0.15) is 12.9 Å². The van der Waals surface area contributed by atoms with Gasteiger partial charge in [0.05, 0.1) is 12.2 Å². The van der Waals surface area contributed by atoms with E-state index in [2.05, 4.69) is 6.58 Å². The van der Waals surface area contributed by atoms with Crippen molar-refractivity contribution in [2.45, 2.75) is 6.92 Å². The summed E-state index contributed by atoms with van der Waals surface area (Å²) in [5.74, 6) is -1.30. The molecule has 1 aromatic rings. The van der Waals surface area contributed by atoms with Crippen molar-refractivity contribution in [1.82, 2.24) is 0 Å². The lowest BCUT2D eigenvalue weighted by Crippen LogP contribution is -2.13. The van der Waals surface area contributed by atoms with Crippen LogP contribution in [-0.4, -0.2) is 25.5 Å². The summed E-state index contributed by atoms with van der Waals surface area (Å²) in [6, 6.07) is 3.78. The van der Waals surface area contributed by atoms with Gasteiger partial charge in [0.15, 0.2) is 11.6 Å². The molecule has 0 saturated carbocycles. The normalized spacial score (nSPS) is 9.67. The summed E-state index contributed by atoms with van der Waals surface area (Å²) in [7, 11) is 0. The van der Waals surface area contributed by atoms with Gasteiger partial charge in [0, 0.05) is 5.56 Å². The highest BCUT2D eigenvalue weighted by molar-refractivity contribution is 5.88. The van der Waals surface area contributed by atoms with E-state index in [0.717, 1.165) is 6.07 Å². The molecule has 0 aliphatic heterocycles. The maximum atomic E-state index is 13.4. The van der Waals surface area contributed by atoms with Crippen molar-refractivity contribution in [2.75, 3.05) is 13.2 Å². The number of hydrogen-bond acceptors (Lipinski definition) is 4. The van der Waals surface area contributed by atoms with Crippen molar-refractivity contribution in [3.63, 3.8) is 0 Å². The lowest BCUT2D eigenvalue weighted by Gasteiger charge is -2.09. The van der Waals surface area contributed by atoms with E-state index in [1.54, 1.807) is 6.92 Å². The Morgan fingerprint density at radius 2 is 2.22 bits per heavy atom. The van der Waals surface area contributed by atoms with Gasteiger partial charge in [-0.15, -0.1) is 0 Å². The molecular weight excluding hydrogens is 239 g/mol. The number of benzene rings is 1. The fraction of sp³-hybridized carbons (Fsp3) is 0.231. The van der Waals surface area contributed by atoms with Crippen molar-refractivity contribution < 1.29 is 23.5 Å². The van der Waals surface area contributed by atoms with E-state index in [1.165, 1.54) is 12.1 Å². The smallest absolute Gasteiger partial charge is 0.336 e. The van der Waals surface area contributed by atoms with E-state index in [4.69, 9.17) is 9.47 Å². The Bertz CT molecular complexity index is 468. The van der Waals surface area contributed by atoms with Crippen molar-refractivity contribution in [2.24, 2.45) is 0 Å². The number of carbonyl (C=O) groups excluding carboxylic acids is 2. The van der Waals surface area contributed by atoms with Crippen LogP contribution in [0.4, 0.5) is 4.39 Å². The first-order valence-corrected chi connectivity index (χ1v) is 5.31. The van der Waals surface area contributed by atoms with Crippen molar-refractivity contribution >= 4 is 12.3 Å². The summed E-state index contributed by atoms with van der Waals surface area (Å²) in [6.07, 6.45) is 0.532. The Morgan fingerprint density at radius 3 is 2.78 bits per heavy atom. The first kappa shape index (κ1) is 13.9. The highest BCUT2D eigenvalue weighted by atomic mass is 19.1. The molecule has 0 aromatic heterocycles. The molecule has 0 fully saturated rings. The minimum Gasteiger partial charge on any atom is -0.486 e. The molecule has 0 N–H and O–H groups in total. The van der Waals surface area contributed by atoms with Crippen LogP contribution < -0.4 is 4.74 Å². The number of esters is 1. The second-order valence-electron chi connectivity index (χ2n) is 3.42. The molecule has 1 rings (SSSR count). The van der Waals surface area contributed by atoms with Gasteiger partial charge in [-0.2, -0.15) is 0 Å². The molecule has 0 aliphatic carbocycles. The molecule has 96 valence electrons. The number of hydrogen-bond donors (Lipinski definition) is 0. The minimum absolute atomic E-state index is 0.0500. The van der Waals surface area contributed by atoms with Gasteiger partial charge in [-0.1, -0.05) is 6.58 Å². The second kappa shape index (κ2) is 6.54. The average molecular weight is 252 g/mol. The molecule has 0 spiro atoms. The topological polar surface area (TPSA) is 52.6 Å². The minimum atomic E-state index is -0.670. The van der Waals surface area contributed by atoms with E-state index in [-0.39, 0.29) is 30.1 Å². The van der Waals surface area contributed by atoms with E-state index in [9.17, 15) is 14.0 Å². The zero-order valence-electron chi connectivity index (χ0n) is 9.94. The molecule has 0 bridgehead atoms. The summed E-state index contributed by atoms with van der Waals surface area (Å²) in [5.41, 5.74) is 0.305. The van der Waals surface area contributed by atoms with Gasteiger partial charge >= 0.3 is 5.97 Å². The molecule has 0 saturated heterocycles. The van der Waals surface area contributed by atoms with Crippen LogP contribution >= 0.6 is 0 Å². The van der Waals surface area contributed by atoms with Crippen LogP contribution in [-0.2, 0) is 9.53 Å². The predicted molar refractivity (Wildman–Crippen MR) is 63.1 cm³/mol. The van der Waals surface area contributed by atoms with Crippen LogP contribution in [0.1, 0.15) is 17.3 Å². The molecule has 1 aromatic carbocycles. The first-order chi connectivity index (χ1) is 8.58. The van der Waals surface area contributed by atoms with Crippen LogP contribution in [0.5, 0.6) is 5.75 Å². The van der Waals surface area contributed by atoms with E-state index in [1.807, 2.05) is 0 Å². The van der Waals surface area contributed by atoms with Crippen LogP contribution in [0.25, 0.3) is 0 Å². The van der Waals surface area contributed by atoms with Crippen LogP contribution in [0.2, 0.25) is 0 Å². The molecule has 18 heavy (non-hydrogen) atoms. The van der Waals surface area contributed by atoms with Crippen molar-refractivity contribution in [3.8, 4) is 5.75 Å². The average Bonchev–Trinajstić information content (AvgIpc) is 2.37. The number of halogens is 1. The Kier molecular flexibility index (Phi) is 5.05. The SMILES string of the molecule is C=C(COc1ccc(C=O)cc1F)C(=O)OCC. The molecule has 4 nitrogen and oxygen atoms in total. The molecule has 0 amide bonds. The lowest BCUT2D eigenvalue weighted by atomic mass is 10.2. The zero-order valence-corrected chi connectivity index (χ0v) is 9.94. The molecule has 0 atom stereocenters. The lowest BCUT2D eigenvalue weighted by molar-refractivity contribution is -0.138. The third kappa shape index (κ3) is 3.69. The van der Waals surface area contributed by atoms with Gasteiger partial charge in [-0.05, 0) is 25.1 Å². The molecule has 0 unspecified atom stereocenters. The third-order valence-corrected chi connectivity index (χ3v) is 2.06. The Balaban J connectivity index is 2.61. The number of aldehydes is 1. The molecular formula is C13H13FO4.